The van der Waals surface area contributed by atoms with Gasteiger partial charge in [-0.1, -0.05) is 25.7 Å². The Bertz CT molecular complexity index is 83.0. The van der Waals surface area contributed by atoms with E-state index in [1.54, 1.807) is 0 Å². The first-order chi connectivity index (χ1) is 4.68. The van der Waals surface area contributed by atoms with Gasteiger partial charge in [0.2, 0.25) is 0 Å². The van der Waals surface area contributed by atoms with Crippen LogP contribution in [0.2, 0.25) is 0 Å². The molecule has 0 saturated carbocycles. The highest BCUT2D eigenvalue weighted by Gasteiger charge is 2.19. The molecule has 0 radical (unpaired) electrons. The third kappa shape index (κ3) is 3.80. The Morgan fingerprint density at radius 3 is 1.90 bits per heavy atom. The van der Waals surface area contributed by atoms with Crippen molar-refractivity contribution in [1.82, 2.24) is 10.2 Å². The molecule has 0 aromatic heterocycles. The van der Waals surface area contributed by atoms with Crippen molar-refractivity contribution in [2.24, 2.45) is 11.1 Å². The van der Waals surface area contributed by atoms with Crippen molar-refractivity contribution in [3.63, 3.8) is 0 Å². The molecule has 0 aliphatic carbocycles. The van der Waals surface area contributed by atoms with Crippen LogP contribution in [0.4, 0.5) is 0 Å². The Balaban J connectivity index is 3.69. The fourth-order valence-electron chi connectivity index (χ4n) is 0.700. The van der Waals surface area contributed by atoms with Crippen molar-refractivity contribution in [2.45, 2.75) is 6.92 Å². The lowest BCUT2D eigenvalue weighted by Gasteiger charge is -2.26. The minimum absolute atomic E-state index is 0.156. The summed E-state index contributed by atoms with van der Waals surface area (Å²) < 4.78 is 0. The highest BCUT2D eigenvalue weighted by atomic mass is 31.0. The average Bonchev–Trinajstić information content (AvgIpc) is 1.89. The van der Waals surface area contributed by atoms with E-state index in [-0.39, 0.29) is 5.41 Å². The van der Waals surface area contributed by atoms with Crippen LogP contribution in [-0.2, 0) is 0 Å². The highest BCUT2D eigenvalue weighted by Crippen LogP contribution is 2.11. The predicted molar refractivity (Wildman–Crippen MR) is 52.6 cm³/mol. The zero-order valence-corrected chi connectivity index (χ0v) is 8.66. The zero-order chi connectivity index (χ0) is 8.04. The second kappa shape index (κ2) is 5.40. The van der Waals surface area contributed by atoms with Gasteiger partial charge in [0, 0.05) is 25.0 Å². The van der Waals surface area contributed by atoms with Gasteiger partial charge in [0.25, 0.3) is 0 Å². The summed E-state index contributed by atoms with van der Waals surface area (Å²) >= 11 is 0. The van der Waals surface area contributed by atoms with E-state index in [9.17, 15) is 0 Å². The first kappa shape index (κ1) is 10.7. The first-order valence-electron chi connectivity index (χ1n) is 3.25. The predicted octanol–water partition coefficient (Wildman–Crippen LogP) is -0.289. The van der Waals surface area contributed by atoms with Gasteiger partial charge in [0.05, 0.1) is 0 Å². The molecule has 0 saturated heterocycles. The molecule has 0 fully saturated rings. The van der Waals surface area contributed by atoms with Crippen LogP contribution >= 0.6 is 18.8 Å². The Morgan fingerprint density at radius 1 is 1.30 bits per heavy atom. The highest BCUT2D eigenvalue weighted by molar-refractivity contribution is 7.13. The molecule has 0 aliphatic heterocycles. The third-order valence-electron chi connectivity index (χ3n) is 1.55. The lowest BCUT2D eigenvalue weighted by atomic mass is 9.92. The topological polar surface area (TPSA) is 50.1 Å². The summed E-state index contributed by atoms with van der Waals surface area (Å²) in [5, 5.41) is 6.06. The van der Waals surface area contributed by atoms with E-state index in [0.717, 1.165) is 13.1 Å². The van der Waals surface area contributed by atoms with Gasteiger partial charge < -0.3 is 15.9 Å². The van der Waals surface area contributed by atoms with Crippen LogP contribution in [0.25, 0.3) is 0 Å². The Kier molecular flexibility index (Phi) is 5.80. The van der Waals surface area contributed by atoms with Gasteiger partial charge in [-0.15, -0.1) is 0 Å². The maximum atomic E-state index is 5.58. The zero-order valence-electron chi connectivity index (χ0n) is 6.35. The molecule has 3 nitrogen and oxygen atoms in total. The van der Waals surface area contributed by atoms with E-state index in [1.165, 1.54) is 0 Å². The van der Waals surface area contributed by atoms with E-state index in [0.29, 0.717) is 6.54 Å². The van der Waals surface area contributed by atoms with E-state index in [2.05, 4.69) is 35.9 Å². The molecule has 0 bridgehead atoms. The van der Waals surface area contributed by atoms with Crippen LogP contribution in [0.5, 0.6) is 0 Å². The molecule has 0 heterocycles. The second-order valence-electron chi connectivity index (χ2n) is 2.78. The SMILES string of the molecule is CC(CN)(CNP)CNP. The molecule has 10 heavy (non-hydrogen) atoms. The van der Waals surface area contributed by atoms with E-state index in [1.807, 2.05) is 0 Å². The van der Waals surface area contributed by atoms with Gasteiger partial charge in [-0.05, 0) is 0 Å². The van der Waals surface area contributed by atoms with Crippen LogP contribution in [-0.4, -0.2) is 19.6 Å². The number of hydrogen-bond acceptors (Lipinski definition) is 3. The Hall–Kier alpha value is 0.740. The smallest absolute Gasteiger partial charge is 0.00640 e. The molecule has 0 aromatic carbocycles. The lowest BCUT2D eigenvalue weighted by molar-refractivity contribution is 0.342. The average molecular weight is 181 g/mol. The van der Waals surface area contributed by atoms with Gasteiger partial charge in [-0.3, -0.25) is 0 Å². The summed E-state index contributed by atoms with van der Waals surface area (Å²) in [7, 11) is 4.96. The molecular weight excluding hydrogens is 164 g/mol. The van der Waals surface area contributed by atoms with Crippen molar-refractivity contribution in [2.75, 3.05) is 19.6 Å². The maximum absolute atomic E-state index is 5.58. The van der Waals surface area contributed by atoms with Gasteiger partial charge in [-0.25, -0.2) is 0 Å². The molecule has 0 rings (SSSR count). The first-order valence-corrected chi connectivity index (χ1v) is 4.41. The molecule has 2 atom stereocenters. The Labute approximate surface area is 67.4 Å². The minimum Gasteiger partial charge on any atom is -0.330 e. The second-order valence-corrected chi connectivity index (χ2v) is 3.59. The summed E-state index contributed by atoms with van der Waals surface area (Å²) in [6.45, 7) is 4.65. The standard InChI is InChI=1S/C5H17N3P2/c1-5(2-6,3-7-9)4-8-10/h7-8H,2-4,6,9-10H2,1H3. The molecule has 5 heteroatoms. The lowest BCUT2D eigenvalue weighted by Crippen LogP contribution is -2.41. The molecule has 0 spiro atoms. The summed E-state index contributed by atoms with van der Waals surface area (Å²) in [6.07, 6.45) is 0. The summed E-state index contributed by atoms with van der Waals surface area (Å²) in [4.78, 5) is 0. The molecule has 0 aromatic rings. The quantitative estimate of drug-likeness (QED) is 0.511. The van der Waals surface area contributed by atoms with Gasteiger partial charge in [-0.2, -0.15) is 0 Å². The van der Waals surface area contributed by atoms with Crippen molar-refractivity contribution in [1.29, 1.82) is 0 Å². The summed E-state index contributed by atoms with van der Waals surface area (Å²) in [5.41, 5.74) is 5.74. The van der Waals surface area contributed by atoms with Crippen LogP contribution in [0.1, 0.15) is 6.92 Å². The van der Waals surface area contributed by atoms with E-state index < -0.39 is 0 Å². The molecule has 2 unspecified atom stereocenters. The van der Waals surface area contributed by atoms with Crippen molar-refractivity contribution >= 4 is 18.8 Å². The number of nitrogens with two attached hydrogens (primary N) is 1. The molecule has 62 valence electrons. The van der Waals surface area contributed by atoms with Crippen LogP contribution in [0.15, 0.2) is 0 Å². The molecule has 0 amide bonds. The van der Waals surface area contributed by atoms with E-state index >= 15 is 0 Å². The van der Waals surface area contributed by atoms with Crippen molar-refractivity contribution in [3.05, 3.63) is 0 Å². The maximum Gasteiger partial charge on any atom is 0.00640 e. The summed E-state index contributed by atoms with van der Waals surface area (Å²) in [6, 6.07) is 0. The van der Waals surface area contributed by atoms with Gasteiger partial charge >= 0.3 is 0 Å². The van der Waals surface area contributed by atoms with Crippen molar-refractivity contribution in [3.8, 4) is 0 Å². The molecule has 0 aliphatic rings. The van der Waals surface area contributed by atoms with Crippen LogP contribution in [0, 0.1) is 5.41 Å². The minimum atomic E-state index is 0.156. The monoisotopic (exact) mass is 181 g/mol. The van der Waals surface area contributed by atoms with E-state index in [4.69, 9.17) is 5.73 Å². The van der Waals surface area contributed by atoms with Gasteiger partial charge in [0.1, 0.15) is 0 Å². The number of nitrogens with one attached hydrogen (secondary N) is 2. The number of hydrogen-bond donors (Lipinski definition) is 3. The number of rotatable bonds is 5. The largest absolute Gasteiger partial charge is 0.330 e. The molecular formula is C5H17N3P2. The van der Waals surface area contributed by atoms with Crippen LogP contribution in [0.3, 0.4) is 0 Å². The van der Waals surface area contributed by atoms with Gasteiger partial charge in [0.15, 0.2) is 0 Å². The third-order valence-corrected chi connectivity index (χ3v) is 1.96. The fourth-order valence-corrected chi connectivity index (χ4v) is 1.69. The fraction of sp³-hybridized carbons (Fsp3) is 1.00. The Morgan fingerprint density at radius 2 is 1.70 bits per heavy atom. The normalized spacial score (nSPS) is 12.0. The summed E-state index contributed by atoms with van der Waals surface area (Å²) in [5.74, 6) is 0. The molecule has 4 N–H and O–H groups in total. The van der Waals surface area contributed by atoms with Crippen LogP contribution < -0.4 is 15.9 Å². The van der Waals surface area contributed by atoms with Crippen molar-refractivity contribution < 1.29 is 0 Å².